The van der Waals surface area contributed by atoms with E-state index in [2.05, 4.69) is 43.2 Å². The monoisotopic (exact) mass is 264 g/mol. The Kier molecular flexibility index (Phi) is 6.89. The highest BCUT2D eigenvalue weighted by atomic mass is 16.5. The van der Waals surface area contributed by atoms with Gasteiger partial charge < -0.3 is 15.0 Å². The SMILES string of the molecule is CCC(CC)N(C)CC(NC)c1ccccc1OC. The largest absolute Gasteiger partial charge is 0.496 e. The third-order valence-electron chi connectivity index (χ3n) is 3.90. The maximum absolute atomic E-state index is 5.46. The molecule has 0 aliphatic heterocycles. The first-order chi connectivity index (χ1) is 9.17. The van der Waals surface area contributed by atoms with Crippen molar-refractivity contribution in [3.05, 3.63) is 29.8 Å². The molecule has 1 atom stereocenters. The minimum Gasteiger partial charge on any atom is -0.496 e. The molecule has 0 saturated carbocycles. The number of nitrogens with one attached hydrogen (secondary N) is 1. The van der Waals surface area contributed by atoms with Crippen molar-refractivity contribution in [2.75, 3.05) is 27.7 Å². The molecule has 108 valence electrons. The lowest BCUT2D eigenvalue weighted by Crippen LogP contribution is -2.37. The second-order valence-corrected chi connectivity index (χ2v) is 4.99. The van der Waals surface area contributed by atoms with E-state index in [0.717, 1.165) is 12.3 Å². The van der Waals surface area contributed by atoms with Crippen LogP contribution in [0.4, 0.5) is 0 Å². The van der Waals surface area contributed by atoms with Crippen molar-refractivity contribution in [2.45, 2.75) is 38.8 Å². The van der Waals surface area contributed by atoms with Crippen LogP contribution in [0.2, 0.25) is 0 Å². The highest BCUT2D eigenvalue weighted by Gasteiger charge is 2.19. The molecule has 0 aliphatic carbocycles. The molecular formula is C16H28N2O. The van der Waals surface area contributed by atoms with Gasteiger partial charge in [-0.2, -0.15) is 0 Å². The molecule has 1 N–H and O–H groups in total. The summed E-state index contributed by atoms with van der Waals surface area (Å²) in [5, 5.41) is 3.41. The zero-order valence-electron chi connectivity index (χ0n) is 12.9. The lowest BCUT2D eigenvalue weighted by atomic mass is 10.0. The van der Waals surface area contributed by atoms with E-state index in [1.807, 2.05) is 19.2 Å². The van der Waals surface area contributed by atoms with Crippen molar-refractivity contribution in [1.82, 2.24) is 10.2 Å². The second-order valence-electron chi connectivity index (χ2n) is 4.99. The number of benzene rings is 1. The van der Waals surface area contributed by atoms with Crippen LogP contribution in [-0.2, 0) is 0 Å². The lowest BCUT2D eigenvalue weighted by molar-refractivity contribution is 0.207. The molecule has 0 amide bonds. The Bertz CT molecular complexity index is 364. The summed E-state index contributed by atoms with van der Waals surface area (Å²) in [6.45, 7) is 5.49. The van der Waals surface area contributed by atoms with Gasteiger partial charge in [0.25, 0.3) is 0 Å². The predicted molar refractivity (Wildman–Crippen MR) is 81.8 cm³/mol. The molecule has 1 unspecified atom stereocenters. The number of rotatable bonds is 8. The number of hydrogen-bond donors (Lipinski definition) is 1. The molecule has 3 nitrogen and oxygen atoms in total. The first-order valence-corrected chi connectivity index (χ1v) is 7.18. The van der Waals surface area contributed by atoms with Gasteiger partial charge in [-0.1, -0.05) is 32.0 Å². The van der Waals surface area contributed by atoms with Crippen molar-refractivity contribution >= 4 is 0 Å². The van der Waals surface area contributed by atoms with Gasteiger partial charge in [-0.05, 0) is 33.0 Å². The van der Waals surface area contributed by atoms with Crippen LogP contribution < -0.4 is 10.1 Å². The van der Waals surface area contributed by atoms with Crippen molar-refractivity contribution in [3.63, 3.8) is 0 Å². The third-order valence-corrected chi connectivity index (χ3v) is 3.90. The van der Waals surface area contributed by atoms with Crippen LogP contribution in [0.15, 0.2) is 24.3 Å². The fraction of sp³-hybridized carbons (Fsp3) is 0.625. The minimum atomic E-state index is 0.293. The summed E-state index contributed by atoms with van der Waals surface area (Å²) < 4.78 is 5.46. The van der Waals surface area contributed by atoms with Crippen LogP contribution in [-0.4, -0.2) is 38.7 Å². The summed E-state index contributed by atoms with van der Waals surface area (Å²) in [5.74, 6) is 0.958. The van der Waals surface area contributed by atoms with E-state index in [4.69, 9.17) is 4.74 Å². The molecule has 1 rings (SSSR count). The van der Waals surface area contributed by atoms with Gasteiger partial charge in [-0.25, -0.2) is 0 Å². The Balaban J connectivity index is 2.83. The molecule has 0 bridgehead atoms. The molecular weight excluding hydrogens is 236 g/mol. The van der Waals surface area contributed by atoms with Crippen LogP contribution in [0.3, 0.4) is 0 Å². The smallest absolute Gasteiger partial charge is 0.123 e. The molecule has 0 heterocycles. The first-order valence-electron chi connectivity index (χ1n) is 7.18. The summed E-state index contributed by atoms with van der Waals surface area (Å²) in [6.07, 6.45) is 2.38. The molecule has 0 radical (unpaired) electrons. The summed E-state index contributed by atoms with van der Waals surface area (Å²) in [7, 11) is 5.95. The van der Waals surface area contributed by atoms with Crippen LogP contribution in [0.5, 0.6) is 5.75 Å². The number of methoxy groups -OCH3 is 1. The third kappa shape index (κ3) is 4.22. The minimum absolute atomic E-state index is 0.293. The molecule has 0 spiro atoms. The maximum atomic E-state index is 5.46. The van der Waals surface area contributed by atoms with Gasteiger partial charge in [-0.15, -0.1) is 0 Å². The Morgan fingerprint density at radius 3 is 2.37 bits per heavy atom. The van der Waals surface area contributed by atoms with E-state index < -0.39 is 0 Å². The highest BCUT2D eigenvalue weighted by molar-refractivity contribution is 5.36. The van der Waals surface area contributed by atoms with E-state index in [0.29, 0.717) is 12.1 Å². The standard InChI is InChI=1S/C16H28N2O/c1-6-13(7-2)18(4)12-15(17-3)14-10-8-9-11-16(14)19-5/h8-11,13,15,17H,6-7,12H2,1-5H3. The molecule has 19 heavy (non-hydrogen) atoms. The molecule has 0 aromatic heterocycles. The van der Waals surface area contributed by atoms with Gasteiger partial charge in [0, 0.05) is 24.2 Å². The van der Waals surface area contributed by atoms with Gasteiger partial charge in [0.15, 0.2) is 0 Å². The average molecular weight is 264 g/mol. The lowest BCUT2D eigenvalue weighted by Gasteiger charge is -2.30. The quantitative estimate of drug-likeness (QED) is 0.781. The average Bonchev–Trinajstić information content (AvgIpc) is 2.46. The molecule has 1 aromatic rings. The number of likely N-dealkylation sites (N-methyl/N-ethyl adjacent to an activating group) is 2. The van der Waals surface area contributed by atoms with Gasteiger partial charge in [0.2, 0.25) is 0 Å². The summed E-state index contributed by atoms with van der Waals surface area (Å²) in [5.41, 5.74) is 1.23. The Labute approximate surface area is 118 Å². The Hall–Kier alpha value is -1.06. The maximum Gasteiger partial charge on any atom is 0.123 e. The van der Waals surface area contributed by atoms with Gasteiger partial charge in [-0.3, -0.25) is 0 Å². The number of nitrogens with zero attached hydrogens (tertiary/aromatic N) is 1. The Morgan fingerprint density at radius 2 is 1.84 bits per heavy atom. The van der Waals surface area contributed by atoms with E-state index >= 15 is 0 Å². The predicted octanol–water partition coefficient (Wildman–Crippen LogP) is 3.08. The molecule has 0 aliphatic rings. The Morgan fingerprint density at radius 1 is 1.21 bits per heavy atom. The van der Waals surface area contributed by atoms with E-state index in [1.165, 1.54) is 18.4 Å². The van der Waals surface area contributed by atoms with Crippen molar-refractivity contribution in [1.29, 1.82) is 0 Å². The van der Waals surface area contributed by atoms with Crippen molar-refractivity contribution < 1.29 is 4.74 Å². The topological polar surface area (TPSA) is 24.5 Å². The number of para-hydroxylation sites is 1. The normalized spacial score (nSPS) is 13.0. The molecule has 0 saturated heterocycles. The van der Waals surface area contributed by atoms with Gasteiger partial charge >= 0.3 is 0 Å². The van der Waals surface area contributed by atoms with E-state index in [1.54, 1.807) is 7.11 Å². The van der Waals surface area contributed by atoms with Crippen molar-refractivity contribution in [2.24, 2.45) is 0 Å². The van der Waals surface area contributed by atoms with Gasteiger partial charge in [0.05, 0.1) is 7.11 Å². The van der Waals surface area contributed by atoms with E-state index in [-0.39, 0.29) is 0 Å². The fourth-order valence-corrected chi connectivity index (χ4v) is 2.65. The van der Waals surface area contributed by atoms with Gasteiger partial charge in [0.1, 0.15) is 5.75 Å². The number of hydrogen-bond acceptors (Lipinski definition) is 3. The number of ether oxygens (including phenoxy) is 1. The van der Waals surface area contributed by atoms with E-state index in [9.17, 15) is 0 Å². The zero-order valence-corrected chi connectivity index (χ0v) is 12.9. The second kappa shape index (κ2) is 8.18. The fourth-order valence-electron chi connectivity index (χ4n) is 2.65. The first kappa shape index (κ1) is 16.0. The zero-order chi connectivity index (χ0) is 14.3. The summed E-state index contributed by atoms with van der Waals surface area (Å²) in [4.78, 5) is 2.44. The molecule has 1 aromatic carbocycles. The molecule has 0 fully saturated rings. The highest BCUT2D eigenvalue weighted by Crippen LogP contribution is 2.25. The molecule has 3 heteroatoms. The summed E-state index contributed by atoms with van der Waals surface area (Å²) in [6, 6.07) is 9.18. The summed E-state index contributed by atoms with van der Waals surface area (Å²) >= 11 is 0. The van der Waals surface area contributed by atoms with Crippen molar-refractivity contribution in [3.8, 4) is 5.75 Å². The van der Waals surface area contributed by atoms with Crippen LogP contribution in [0.25, 0.3) is 0 Å². The van der Waals surface area contributed by atoms with Crippen LogP contribution >= 0.6 is 0 Å². The van der Waals surface area contributed by atoms with Crippen LogP contribution in [0, 0.1) is 0 Å². The van der Waals surface area contributed by atoms with Crippen LogP contribution in [0.1, 0.15) is 38.3 Å².